The van der Waals surface area contributed by atoms with E-state index in [9.17, 15) is 4.79 Å². The zero-order chi connectivity index (χ0) is 8.15. The van der Waals surface area contributed by atoms with Gasteiger partial charge in [-0.1, -0.05) is 13.8 Å². The van der Waals surface area contributed by atoms with Crippen LogP contribution < -0.4 is 0 Å². The average molecular weight is 146 g/mol. The van der Waals surface area contributed by atoms with Gasteiger partial charge in [0.25, 0.3) is 0 Å². The summed E-state index contributed by atoms with van der Waals surface area (Å²) in [6, 6.07) is 0. The molecule has 0 spiro atoms. The molecule has 0 aliphatic carbocycles. The van der Waals surface area contributed by atoms with Crippen molar-refractivity contribution in [2.45, 2.75) is 33.5 Å². The number of hydrogen-bond acceptors (Lipinski definition) is 3. The van der Waals surface area contributed by atoms with Crippen molar-refractivity contribution in [3.8, 4) is 0 Å². The summed E-state index contributed by atoms with van der Waals surface area (Å²) in [5.74, 6) is -0.0949. The van der Waals surface area contributed by atoms with Crippen LogP contribution in [0.3, 0.4) is 0 Å². The fraction of sp³-hybridized carbons (Fsp3) is 0.857. The zero-order valence-electron chi connectivity index (χ0n) is 6.63. The standard InChI is InChI=1S/C7H14O3/c1-5(2)4-7(9)10-6(3)8/h5,7,9H,4H2,1-3H3. The lowest BCUT2D eigenvalue weighted by Gasteiger charge is -2.11. The number of carbonyl (C=O) groups is 1. The number of aliphatic hydroxyl groups excluding tert-OH is 1. The third kappa shape index (κ3) is 5.56. The van der Waals surface area contributed by atoms with Crippen LogP contribution in [0.25, 0.3) is 0 Å². The van der Waals surface area contributed by atoms with Gasteiger partial charge in [0.05, 0.1) is 0 Å². The van der Waals surface area contributed by atoms with E-state index in [1.54, 1.807) is 0 Å². The van der Waals surface area contributed by atoms with Crippen molar-refractivity contribution in [1.82, 2.24) is 0 Å². The van der Waals surface area contributed by atoms with Crippen LogP contribution >= 0.6 is 0 Å². The molecule has 0 aromatic heterocycles. The lowest BCUT2D eigenvalue weighted by Crippen LogP contribution is -2.17. The molecule has 0 aliphatic heterocycles. The van der Waals surface area contributed by atoms with Crippen molar-refractivity contribution in [2.75, 3.05) is 0 Å². The predicted molar refractivity (Wildman–Crippen MR) is 37.2 cm³/mol. The summed E-state index contributed by atoms with van der Waals surface area (Å²) in [5, 5.41) is 8.95. The van der Waals surface area contributed by atoms with Gasteiger partial charge in [-0.2, -0.15) is 0 Å². The summed E-state index contributed by atoms with van der Waals surface area (Å²) in [4.78, 5) is 10.3. The molecule has 0 saturated carbocycles. The second-order valence-corrected chi connectivity index (χ2v) is 2.69. The third-order valence-electron chi connectivity index (χ3n) is 0.975. The normalized spacial score (nSPS) is 13.3. The highest BCUT2D eigenvalue weighted by Gasteiger charge is 2.08. The first-order chi connectivity index (χ1) is 4.52. The molecule has 0 aromatic rings. The van der Waals surface area contributed by atoms with Crippen molar-refractivity contribution in [3.05, 3.63) is 0 Å². The Morgan fingerprint density at radius 2 is 2.10 bits per heavy atom. The fourth-order valence-corrected chi connectivity index (χ4v) is 0.643. The molecule has 0 radical (unpaired) electrons. The highest BCUT2D eigenvalue weighted by Crippen LogP contribution is 2.04. The smallest absolute Gasteiger partial charge is 0.304 e. The van der Waals surface area contributed by atoms with E-state index in [2.05, 4.69) is 4.74 Å². The van der Waals surface area contributed by atoms with E-state index in [0.717, 1.165) is 0 Å². The number of esters is 1. The molecule has 0 bridgehead atoms. The van der Waals surface area contributed by atoms with Crippen molar-refractivity contribution >= 4 is 5.97 Å². The molecule has 60 valence electrons. The van der Waals surface area contributed by atoms with E-state index in [1.807, 2.05) is 13.8 Å². The lowest BCUT2D eigenvalue weighted by atomic mass is 10.1. The summed E-state index contributed by atoms with van der Waals surface area (Å²) in [7, 11) is 0. The topological polar surface area (TPSA) is 46.5 Å². The Hall–Kier alpha value is -0.570. The van der Waals surface area contributed by atoms with Crippen LogP contribution in [0.4, 0.5) is 0 Å². The molecule has 0 aliphatic rings. The molecule has 0 amide bonds. The van der Waals surface area contributed by atoms with Gasteiger partial charge in [-0.3, -0.25) is 4.79 Å². The highest BCUT2D eigenvalue weighted by atomic mass is 16.6. The molecule has 0 rings (SSSR count). The van der Waals surface area contributed by atoms with E-state index in [4.69, 9.17) is 5.11 Å². The van der Waals surface area contributed by atoms with Gasteiger partial charge in [-0.15, -0.1) is 0 Å². The average Bonchev–Trinajstić information content (AvgIpc) is 1.58. The lowest BCUT2D eigenvalue weighted by molar-refractivity contribution is -0.167. The summed E-state index contributed by atoms with van der Waals surface area (Å²) in [6.07, 6.45) is -0.433. The molecule has 0 fully saturated rings. The Morgan fingerprint density at radius 3 is 2.40 bits per heavy atom. The number of aliphatic hydroxyl groups is 1. The van der Waals surface area contributed by atoms with Crippen LogP contribution in [0.2, 0.25) is 0 Å². The van der Waals surface area contributed by atoms with Gasteiger partial charge in [-0.05, 0) is 5.92 Å². The highest BCUT2D eigenvalue weighted by molar-refractivity contribution is 5.65. The Bertz CT molecular complexity index is 109. The first-order valence-corrected chi connectivity index (χ1v) is 3.37. The Labute approximate surface area is 61.0 Å². The van der Waals surface area contributed by atoms with E-state index in [1.165, 1.54) is 6.92 Å². The maximum absolute atomic E-state index is 10.3. The van der Waals surface area contributed by atoms with Crippen LogP contribution in [0.1, 0.15) is 27.2 Å². The molecular weight excluding hydrogens is 132 g/mol. The predicted octanol–water partition coefficient (Wildman–Crippen LogP) is 0.914. The monoisotopic (exact) mass is 146 g/mol. The molecule has 0 heterocycles. The fourth-order valence-electron chi connectivity index (χ4n) is 0.643. The minimum atomic E-state index is -0.933. The third-order valence-corrected chi connectivity index (χ3v) is 0.975. The summed E-state index contributed by atoms with van der Waals surface area (Å²) < 4.78 is 4.48. The van der Waals surface area contributed by atoms with Crippen molar-refractivity contribution in [3.63, 3.8) is 0 Å². The SMILES string of the molecule is CC(=O)OC(O)CC(C)C. The minimum Gasteiger partial charge on any atom is -0.436 e. The second-order valence-electron chi connectivity index (χ2n) is 2.69. The maximum Gasteiger partial charge on any atom is 0.304 e. The van der Waals surface area contributed by atoms with Crippen LogP contribution in [0.5, 0.6) is 0 Å². The molecule has 1 N–H and O–H groups in total. The van der Waals surface area contributed by atoms with Gasteiger partial charge in [0.15, 0.2) is 0 Å². The number of hydrogen-bond donors (Lipinski definition) is 1. The molecule has 0 saturated heterocycles. The van der Waals surface area contributed by atoms with Crippen LogP contribution in [-0.4, -0.2) is 17.4 Å². The maximum atomic E-state index is 10.3. The van der Waals surface area contributed by atoms with E-state index < -0.39 is 12.3 Å². The molecular formula is C7H14O3. The van der Waals surface area contributed by atoms with Gasteiger partial charge in [-0.25, -0.2) is 0 Å². The number of carbonyl (C=O) groups excluding carboxylic acids is 1. The van der Waals surface area contributed by atoms with Crippen molar-refractivity contribution in [1.29, 1.82) is 0 Å². The van der Waals surface area contributed by atoms with E-state index >= 15 is 0 Å². The van der Waals surface area contributed by atoms with Crippen molar-refractivity contribution in [2.24, 2.45) is 5.92 Å². The zero-order valence-corrected chi connectivity index (χ0v) is 6.63. The molecule has 3 heteroatoms. The number of ether oxygens (including phenoxy) is 1. The largest absolute Gasteiger partial charge is 0.436 e. The van der Waals surface area contributed by atoms with Gasteiger partial charge in [0.2, 0.25) is 6.29 Å². The quantitative estimate of drug-likeness (QED) is 0.475. The van der Waals surface area contributed by atoms with Crippen molar-refractivity contribution < 1.29 is 14.6 Å². The summed E-state index contributed by atoms with van der Waals surface area (Å²) in [6.45, 7) is 5.18. The second kappa shape index (κ2) is 4.28. The van der Waals surface area contributed by atoms with Crippen LogP contribution in [-0.2, 0) is 9.53 Å². The van der Waals surface area contributed by atoms with Crippen LogP contribution in [0, 0.1) is 5.92 Å². The van der Waals surface area contributed by atoms with Gasteiger partial charge < -0.3 is 9.84 Å². The van der Waals surface area contributed by atoms with Gasteiger partial charge in [0, 0.05) is 13.3 Å². The minimum absolute atomic E-state index is 0.342. The first kappa shape index (κ1) is 9.43. The van der Waals surface area contributed by atoms with Gasteiger partial charge in [0.1, 0.15) is 0 Å². The molecule has 10 heavy (non-hydrogen) atoms. The summed E-state index contributed by atoms with van der Waals surface area (Å²) in [5.41, 5.74) is 0. The summed E-state index contributed by atoms with van der Waals surface area (Å²) >= 11 is 0. The molecule has 0 aromatic carbocycles. The Morgan fingerprint density at radius 1 is 1.60 bits per heavy atom. The van der Waals surface area contributed by atoms with E-state index in [-0.39, 0.29) is 0 Å². The Balaban J connectivity index is 3.43. The Kier molecular flexibility index (Phi) is 4.03. The van der Waals surface area contributed by atoms with E-state index in [0.29, 0.717) is 12.3 Å². The van der Waals surface area contributed by atoms with Crippen LogP contribution in [0.15, 0.2) is 0 Å². The molecule has 1 atom stereocenters. The van der Waals surface area contributed by atoms with Gasteiger partial charge >= 0.3 is 5.97 Å². The first-order valence-electron chi connectivity index (χ1n) is 3.37. The molecule has 1 unspecified atom stereocenters. The number of rotatable bonds is 3. The molecule has 3 nitrogen and oxygen atoms in total.